The van der Waals surface area contributed by atoms with E-state index in [0.29, 0.717) is 59.2 Å². The van der Waals surface area contributed by atoms with E-state index in [1.54, 1.807) is 17.2 Å². The quantitative estimate of drug-likeness (QED) is 0.124. The number of nitrogens with one attached hydrogen (secondary N) is 3. The lowest BCUT2D eigenvalue weighted by Crippen LogP contribution is -2.77. The number of likely N-dealkylation sites (tertiary alicyclic amines) is 1. The Bertz CT molecular complexity index is 3010. The first-order valence-corrected chi connectivity index (χ1v) is 24.8. The van der Waals surface area contributed by atoms with E-state index >= 15 is 8.78 Å². The summed E-state index contributed by atoms with van der Waals surface area (Å²) >= 11 is 0. The molecule has 5 aromatic rings. The number of alkyl halides is 1. The maximum atomic E-state index is 15.8. The molecule has 6 aliphatic rings. The fourth-order valence-corrected chi connectivity index (χ4v) is 12.5. The summed E-state index contributed by atoms with van der Waals surface area (Å²) in [5.41, 5.74) is 5.18. The fourth-order valence-electron chi connectivity index (χ4n) is 11.3. The van der Waals surface area contributed by atoms with E-state index in [1.165, 1.54) is 6.20 Å². The van der Waals surface area contributed by atoms with Crippen molar-refractivity contribution in [2.24, 2.45) is 11.3 Å². The molecule has 354 valence electrons. The SMILES string of the molecule is C=C1CCC(N2Cc3cc(N4CC5(C4)CN(CC4CCN(c6ccc(-c7cnc8[nH]cc(C(=O)c9c(F)ccc(NS(=O)(=O)N%10CC[C@@H](F)C%10)c9F)c8c7)cc6)CC4)[C@H]5C)ccc3C2=O)C(=O)N1. The number of rotatable bonds is 11. The summed E-state index contributed by atoms with van der Waals surface area (Å²) in [5.74, 6) is -3.15. The van der Waals surface area contributed by atoms with E-state index in [9.17, 15) is 27.2 Å². The Morgan fingerprint density at radius 3 is 2.41 bits per heavy atom. The zero-order valence-corrected chi connectivity index (χ0v) is 38.4. The highest BCUT2D eigenvalue weighted by molar-refractivity contribution is 7.90. The second-order valence-corrected chi connectivity index (χ2v) is 21.2. The van der Waals surface area contributed by atoms with Gasteiger partial charge in [-0.3, -0.25) is 24.0 Å². The fraction of sp³-hybridized carbons (Fsp3) is 0.400. The molecule has 0 radical (unpaired) electrons. The van der Waals surface area contributed by atoms with Crippen molar-refractivity contribution in [3.8, 4) is 11.1 Å². The summed E-state index contributed by atoms with van der Waals surface area (Å²) in [5, 5.41) is 3.16. The first-order chi connectivity index (χ1) is 32.6. The van der Waals surface area contributed by atoms with Crippen LogP contribution < -0.4 is 19.8 Å². The zero-order chi connectivity index (χ0) is 47.2. The number of carbonyl (C=O) groups is 3. The highest BCUT2D eigenvalue weighted by Crippen LogP contribution is 2.48. The first-order valence-electron chi connectivity index (χ1n) is 23.3. The molecule has 0 bridgehead atoms. The number of aromatic amines is 1. The molecule has 14 nitrogen and oxygen atoms in total. The van der Waals surface area contributed by atoms with Gasteiger partial charge >= 0.3 is 10.2 Å². The number of fused-ring (bicyclic) bond motifs is 2. The Morgan fingerprint density at radius 2 is 1.69 bits per heavy atom. The van der Waals surface area contributed by atoms with Crippen LogP contribution in [-0.4, -0.2) is 121 Å². The smallest absolute Gasteiger partial charge is 0.301 e. The van der Waals surface area contributed by atoms with Gasteiger partial charge in [-0.1, -0.05) is 18.7 Å². The van der Waals surface area contributed by atoms with Gasteiger partial charge in [0.15, 0.2) is 5.82 Å². The van der Waals surface area contributed by atoms with Gasteiger partial charge < -0.3 is 25.0 Å². The molecular weight excluding hydrogens is 896 g/mol. The van der Waals surface area contributed by atoms with Gasteiger partial charge in [-0.05, 0) is 105 Å². The van der Waals surface area contributed by atoms with Crippen LogP contribution in [-0.2, 0) is 21.5 Å². The van der Waals surface area contributed by atoms with Crippen molar-refractivity contribution < 1.29 is 36.0 Å². The van der Waals surface area contributed by atoms with E-state index in [2.05, 4.69) is 72.5 Å². The average molecular weight is 948 g/mol. The second kappa shape index (κ2) is 16.8. The Labute approximate surface area is 392 Å². The van der Waals surface area contributed by atoms with Crippen LogP contribution in [0.1, 0.15) is 70.9 Å². The average Bonchev–Trinajstić information content (AvgIpc) is 4.04. The summed E-state index contributed by atoms with van der Waals surface area (Å²) in [6.45, 7) is 12.2. The number of aromatic nitrogens is 2. The molecule has 3 aromatic carbocycles. The third kappa shape index (κ3) is 7.69. The van der Waals surface area contributed by atoms with E-state index in [4.69, 9.17) is 0 Å². The molecule has 2 amide bonds. The zero-order valence-electron chi connectivity index (χ0n) is 37.6. The number of allylic oxidation sites excluding steroid dienone is 1. The molecule has 11 rings (SSSR count). The van der Waals surface area contributed by atoms with Crippen LogP contribution in [0.4, 0.5) is 30.2 Å². The van der Waals surface area contributed by atoms with Crippen LogP contribution in [0.3, 0.4) is 0 Å². The predicted octanol–water partition coefficient (Wildman–Crippen LogP) is 6.61. The summed E-state index contributed by atoms with van der Waals surface area (Å²) in [6.07, 6.45) is 5.10. The number of hydrogen-bond acceptors (Lipinski definition) is 9. The molecule has 18 heteroatoms. The number of pyridine rings is 1. The van der Waals surface area contributed by atoms with Gasteiger partial charge in [0.05, 0.1) is 11.3 Å². The molecule has 1 spiro atoms. The Morgan fingerprint density at radius 1 is 0.926 bits per heavy atom. The van der Waals surface area contributed by atoms with Crippen molar-refractivity contribution in [3.05, 3.63) is 119 Å². The Balaban J connectivity index is 0.679. The monoisotopic (exact) mass is 947 g/mol. The number of ketones is 1. The number of H-pyrrole nitrogens is 1. The highest BCUT2D eigenvalue weighted by atomic mass is 32.2. The third-order valence-corrected chi connectivity index (χ3v) is 16.9. The van der Waals surface area contributed by atoms with E-state index in [1.807, 2.05) is 18.2 Å². The number of nitrogens with zero attached hydrogens (tertiary/aromatic N) is 6. The van der Waals surface area contributed by atoms with Crippen molar-refractivity contribution in [1.82, 2.24) is 29.4 Å². The topological polar surface area (TPSA) is 154 Å². The van der Waals surface area contributed by atoms with Crippen LogP contribution in [0.15, 0.2) is 85.3 Å². The van der Waals surface area contributed by atoms with Crippen LogP contribution >= 0.6 is 0 Å². The van der Waals surface area contributed by atoms with Gasteiger partial charge in [0.25, 0.3) is 5.91 Å². The van der Waals surface area contributed by atoms with Crippen molar-refractivity contribution in [2.75, 3.05) is 66.9 Å². The van der Waals surface area contributed by atoms with E-state index < -0.39 is 51.1 Å². The Hall–Kier alpha value is -6.24. The number of hydrogen-bond donors (Lipinski definition) is 3. The van der Waals surface area contributed by atoms with Gasteiger partial charge in [-0.2, -0.15) is 12.7 Å². The molecule has 5 saturated heterocycles. The maximum Gasteiger partial charge on any atom is 0.301 e. The number of benzene rings is 3. The van der Waals surface area contributed by atoms with Gasteiger partial charge in [-0.25, -0.2) is 18.2 Å². The summed E-state index contributed by atoms with van der Waals surface area (Å²) in [6, 6.07) is 17.7. The highest BCUT2D eigenvalue weighted by Gasteiger charge is 2.57. The number of amides is 2. The molecule has 3 N–H and O–H groups in total. The van der Waals surface area contributed by atoms with Crippen molar-refractivity contribution in [2.45, 2.75) is 63.8 Å². The number of anilines is 3. The number of halogens is 3. The van der Waals surface area contributed by atoms with Crippen LogP contribution in [0.5, 0.6) is 0 Å². The lowest BCUT2D eigenvalue weighted by molar-refractivity contribution is -0.126. The molecule has 0 aliphatic carbocycles. The molecule has 68 heavy (non-hydrogen) atoms. The minimum Gasteiger partial charge on any atom is -0.372 e. The van der Waals surface area contributed by atoms with Gasteiger partial charge in [0.1, 0.15) is 23.7 Å². The van der Waals surface area contributed by atoms with Crippen LogP contribution in [0.2, 0.25) is 0 Å². The lowest BCUT2D eigenvalue weighted by Gasteiger charge is -2.66. The van der Waals surface area contributed by atoms with Gasteiger partial charge in [0.2, 0.25) is 11.7 Å². The third-order valence-electron chi connectivity index (χ3n) is 15.4. The molecule has 8 heterocycles. The summed E-state index contributed by atoms with van der Waals surface area (Å²) in [7, 11) is -4.35. The van der Waals surface area contributed by atoms with Crippen molar-refractivity contribution in [3.63, 3.8) is 0 Å². The molecule has 0 saturated carbocycles. The molecule has 6 aliphatic heterocycles. The van der Waals surface area contributed by atoms with E-state index in [0.717, 1.165) is 91.0 Å². The standard InChI is InChI=1S/C50H52F3N9O5S/c1-29-3-12-43(48(64)56-29)62-24-34-19-37(8-9-38(34)49(62)65)60-27-50(28-60)26-59(30(50)2)23-31-13-16-58(17-14-31)36-6-4-32(5-7-36)33-20-39-40(22-55-47(39)54-21-33)46(63)44-41(52)10-11-42(45(44)53)57-68(66,67)61-18-15-35(51)25-61/h4-11,19-22,30-31,35,43,57H,1,3,12-18,23-28H2,2H3,(H,54,55)(H,56,64)/t30-,35+,43?/m0/s1. The van der Waals surface area contributed by atoms with Crippen molar-refractivity contribution in [1.29, 1.82) is 0 Å². The van der Waals surface area contributed by atoms with Gasteiger partial charge in [0, 0.05) is 122 Å². The maximum absolute atomic E-state index is 15.8. The molecule has 1 unspecified atom stereocenters. The van der Waals surface area contributed by atoms with Crippen molar-refractivity contribution >= 4 is 55.9 Å². The lowest BCUT2D eigenvalue weighted by atomic mass is 9.66. The van der Waals surface area contributed by atoms with E-state index in [-0.39, 0.29) is 42.3 Å². The van der Waals surface area contributed by atoms with Crippen LogP contribution in [0.25, 0.3) is 22.2 Å². The second-order valence-electron chi connectivity index (χ2n) is 19.5. The molecule has 2 aromatic heterocycles. The minimum atomic E-state index is -4.35. The number of piperidine rings is 2. The normalized spacial score (nSPS) is 23.3. The predicted molar refractivity (Wildman–Crippen MR) is 252 cm³/mol. The van der Waals surface area contributed by atoms with Crippen LogP contribution in [0, 0.1) is 23.0 Å². The molecular formula is C50H52F3N9O5S. The Kier molecular flexibility index (Phi) is 10.9. The number of carbonyl (C=O) groups excluding carboxylic acids is 3. The largest absolute Gasteiger partial charge is 0.372 e. The first kappa shape index (κ1) is 44.3. The van der Waals surface area contributed by atoms with Gasteiger partial charge in [-0.15, -0.1) is 0 Å². The molecule has 5 fully saturated rings. The molecule has 3 atom stereocenters. The minimum absolute atomic E-state index is 0.00763. The summed E-state index contributed by atoms with van der Waals surface area (Å²) in [4.78, 5) is 56.2. The summed E-state index contributed by atoms with van der Waals surface area (Å²) < 4.78 is 73.2.